The summed E-state index contributed by atoms with van der Waals surface area (Å²) in [7, 11) is 5.17. The minimum Gasteiger partial charge on any atom is -0.458 e. The number of esters is 1. The van der Waals surface area contributed by atoms with E-state index in [1.165, 1.54) is 20.3 Å². The van der Waals surface area contributed by atoms with E-state index >= 15 is 0 Å². The topological polar surface area (TPSA) is 222 Å². The minimum atomic E-state index is -1.28. The smallest absolute Gasteiger partial charge is 0.410 e. The Morgan fingerprint density at radius 2 is 1.84 bits per heavy atom. The zero-order valence-corrected chi connectivity index (χ0v) is 43.5. The third-order valence-corrected chi connectivity index (χ3v) is 13.8. The average Bonchev–Trinajstić information content (AvgIpc) is 3.87. The third-order valence-electron chi connectivity index (χ3n) is 13.4. The van der Waals surface area contributed by atoms with Gasteiger partial charge in [0, 0.05) is 74.4 Å². The number of nitrogens with zero attached hydrogens (tertiary/aromatic N) is 5. The number of nitrogens with two attached hydrogens (primary N) is 1. The molecule has 22 heteroatoms. The highest BCUT2D eigenvalue weighted by Crippen LogP contribution is 2.40. The summed E-state index contributed by atoms with van der Waals surface area (Å²) >= 11 is 11.8. The molecule has 18 nitrogen and oxygen atoms in total. The first-order valence-electron chi connectivity index (χ1n) is 23.2. The van der Waals surface area contributed by atoms with Crippen molar-refractivity contribution in [3.05, 3.63) is 30.5 Å². The first-order chi connectivity index (χ1) is 32.0. The number of anilines is 1. The van der Waals surface area contributed by atoms with Crippen molar-refractivity contribution in [2.45, 2.75) is 152 Å². The van der Waals surface area contributed by atoms with Gasteiger partial charge in [0.2, 0.25) is 0 Å². The molecule has 0 spiro atoms. The number of aliphatic hydroxyl groups excluding tert-OH is 1. The van der Waals surface area contributed by atoms with Crippen molar-refractivity contribution < 1.29 is 51.9 Å². The zero-order valence-electron chi connectivity index (χ0n) is 41.2. The number of unbranched alkanes of at least 4 members (excludes halogenated alkanes) is 1. The van der Waals surface area contributed by atoms with Crippen LogP contribution >= 0.6 is 35.3 Å². The fourth-order valence-corrected chi connectivity index (χ4v) is 9.92. The number of benzene rings is 1. The van der Waals surface area contributed by atoms with Gasteiger partial charge < -0.3 is 50.1 Å². The number of cyclic esters (lactones) is 1. The van der Waals surface area contributed by atoms with Crippen LogP contribution < -0.4 is 16.4 Å². The number of methoxy groups -OCH3 is 1. The quantitative estimate of drug-likeness (QED) is 0.0610. The standard InChI is InChI=1S/C45H70Cl2N8O10.CH3FS/c1-11-34-45(7)37(55(43(60)65-45)18-13-12-17-54-24-32(51-52-54)29-15-14-16-30(48)19-29)28(5)49-22-25(2)21-44(6,61-10)38(26(3)35(56)27(4)41(59)63-34)64-42-36(57)33(53(8)9)20-31(62-42)23-50-40(58)39(46)47;1-3-2/h14-16,19,24-28,31,33-34,36-39,42,49,57H,11-13,17-18,20-23,48H2,1-10H3,(H,50,58);1H3/t25-,26+,27-,28-,31?,33?,34-,36?,37-,38-,42+,44-,45-;/m1./s1. The largest absolute Gasteiger partial charge is 0.458 e. The molecule has 68 heavy (non-hydrogen) atoms. The van der Waals surface area contributed by atoms with Gasteiger partial charge in [-0.05, 0) is 98.5 Å². The number of rotatable bonds is 14. The summed E-state index contributed by atoms with van der Waals surface area (Å²) in [6, 6.07) is 6.09. The second kappa shape index (κ2) is 25.7. The molecular weight excluding hydrogens is 947 g/mol. The number of aromatic nitrogens is 3. The van der Waals surface area contributed by atoms with Gasteiger partial charge in [0.15, 0.2) is 22.5 Å². The van der Waals surface area contributed by atoms with Gasteiger partial charge in [-0.2, -0.15) is 3.89 Å². The van der Waals surface area contributed by atoms with Crippen molar-refractivity contribution in [3.63, 3.8) is 0 Å². The summed E-state index contributed by atoms with van der Waals surface area (Å²) in [6.07, 6.45) is 0.0682. The molecule has 1 aromatic heterocycles. The number of hydrogen-bond acceptors (Lipinski definition) is 16. The molecule has 4 heterocycles. The van der Waals surface area contributed by atoms with Gasteiger partial charge in [0.05, 0.1) is 30.0 Å². The Bertz CT molecular complexity index is 1980. The summed E-state index contributed by atoms with van der Waals surface area (Å²) in [5.41, 5.74) is 5.74. The number of carbonyl (C=O) groups excluding carboxylic acids is 4. The lowest BCUT2D eigenvalue weighted by molar-refractivity contribution is -0.296. The number of nitrogen functional groups attached to an aromatic ring is 1. The molecule has 0 bridgehead atoms. The lowest BCUT2D eigenvalue weighted by Crippen LogP contribution is -2.61. The summed E-state index contributed by atoms with van der Waals surface area (Å²) in [5.74, 6) is -4.16. The molecule has 5 N–H and O–H groups in total. The molecular formula is C46H73Cl2FN8O10S. The molecule has 3 unspecified atom stereocenters. The molecule has 0 aliphatic carbocycles. The maximum atomic E-state index is 14.5. The first kappa shape index (κ1) is 57.2. The summed E-state index contributed by atoms with van der Waals surface area (Å²) in [4.78, 5) is 57.1. The van der Waals surface area contributed by atoms with Gasteiger partial charge in [0.25, 0.3) is 5.91 Å². The third kappa shape index (κ3) is 14.2. The van der Waals surface area contributed by atoms with E-state index in [9.17, 15) is 28.2 Å². The van der Waals surface area contributed by atoms with E-state index < -0.39 is 94.4 Å². The number of Topliss-reactive ketones (excluding diaryl/α,β-unsaturated/α-hetero) is 1. The van der Waals surface area contributed by atoms with E-state index in [1.54, 1.807) is 23.4 Å². The number of aryl methyl sites for hydroxylation is 1. The second-order valence-corrected chi connectivity index (χ2v) is 20.2. The van der Waals surface area contributed by atoms with E-state index in [4.69, 9.17) is 52.6 Å². The predicted octanol–water partition coefficient (Wildman–Crippen LogP) is 5.42. The Kier molecular flexibility index (Phi) is 21.6. The molecule has 1 aromatic carbocycles. The monoisotopic (exact) mass is 1020 g/mol. The van der Waals surface area contributed by atoms with Gasteiger partial charge in [0.1, 0.15) is 23.8 Å². The Balaban J connectivity index is 0.00000327. The van der Waals surface area contributed by atoms with Crippen LogP contribution in [0.4, 0.5) is 14.4 Å². The van der Waals surface area contributed by atoms with E-state index in [0.29, 0.717) is 63.1 Å². The highest BCUT2D eigenvalue weighted by atomic mass is 35.5. The average molecular weight is 1020 g/mol. The number of fused-ring (bicyclic) bond motifs is 1. The molecule has 2 aromatic rings. The summed E-state index contributed by atoms with van der Waals surface area (Å²) in [5, 5.41) is 26.6. The molecule has 3 saturated heterocycles. The molecule has 2 amide bonds. The van der Waals surface area contributed by atoms with E-state index in [1.807, 2.05) is 77.2 Å². The van der Waals surface area contributed by atoms with Crippen LogP contribution in [0.25, 0.3) is 11.3 Å². The molecule has 0 saturated carbocycles. The van der Waals surface area contributed by atoms with Crippen molar-refractivity contribution in [2.24, 2.45) is 17.8 Å². The molecule has 384 valence electrons. The number of likely N-dealkylation sites (N-methyl/N-ethyl adjacent to an activating group) is 1. The highest BCUT2D eigenvalue weighted by Gasteiger charge is 2.59. The Morgan fingerprint density at radius 3 is 2.46 bits per heavy atom. The number of alkyl halides is 2. The van der Waals surface area contributed by atoms with Crippen LogP contribution in [0.1, 0.15) is 80.6 Å². The lowest BCUT2D eigenvalue weighted by atomic mass is 9.78. The number of carbonyl (C=O) groups is 4. The van der Waals surface area contributed by atoms with Crippen LogP contribution in [0.5, 0.6) is 0 Å². The van der Waals surface area contributed by atoms with Crippen molar-refractivity contribution in [3.8, 4) is 11.3 Å². The molecule has 13 atom stereocenters. The number of ketones is 1. The lowest BCUT2D eigenvalue weighted by Gasteiger charge is -2.47. The summed E-state index contributed by atoms with van der Waals surface area (Å²) < 4.78 is 43.7. The van der Waals surface area contributed by atoms with E-state index in [2.05, 4.69) is 20.9 Å². The van der Waals surface area contributed by atoms with Crippen LogP contribution in [-0.4, -0.2) is 166 Å². The van der Waals surface area contributed by atoms with Crippen molar-refractivity contribution in [2.75, 3.05) is 52.8 Å². The minimum absolute atomic E-state index is 0.0386. The molecule has 5 rings (SSSR count). The maximum absolute atomic E-state index is 14.5. The zero-order chi connectivity index (χ0) is 50.7. The number of aliphatic hydroxyl groups is 1. The molecule has 3 fully saturated rings. The van der Waals surface area contributed by atoms with Crippen molar-refractivity contribution >= 4 is 64.8 Å². The van der Waals surface area contributed by atoms with Crippen molar-refractivity contribution in [1.29, 1.82) is 0 Å². The maximum Gasteiger partial charge on any atom is 0.410 e. The fraction of sp³-hybridized carbons (Fsp3) is 0.739. The van der Waals surface area contributed by atoms with Crippen LogP contribution in [0.2, 0.25) is 0 Å². The fourth-order valence-electron chi connectivity index (χ4n) is 9.77. The SMILES string of the molecule is CC[C@H]1OC(=O)[C@H](C)C(=O)[C@H](C)[C@@H](O[C@@H]2OC(CNC(=O)C(Cl)Cl)CC(N(C)C)C2O)[C@](C)(OC)C[C@@H](C)CN[C@H](C)[C@H]2N(CCCCn3cc(-c4cccc(N)c4)nn3)C(=O)O[C@]12C.CSF. The molecule has 0 radical (unpaired) electrons. The van der Waals surface area contributed by atoms with Gasteiger partial charge in [-0.1, -0.05) is 61.3 Å². The normalized spacial score (nSPS) is 32.9. The first-order valence-corrected chi connectivity index (χ1v) is 25.2. The summed E-state index contributed by atoms with van der Waals surface area (Å²) in [6.45, 7) is 14.1. The van der Waals surface area contributed by atoms with Crippen LogP contribution in [0.15, 0.2) is 30.5 Å². The van der Waals surface area contributed by atoms with Gasteiger partial charge in [-0.15, -0.1) is 5.10 Å². The van der Waals surface area contributed by atoms with Crippen LogP contribution in [-0.2, 0) is 44.6 Å². The Morgan fingerprint density at radius 1 is 1.16 bits per heavy atom. The Labute approximate surface area is 414 Å². The van der Waals surface area contributed by atoms with E-state index in [-0.39, 0.29) is 30.7 Å². The van der Waals surface area contributed by atoms with Gasteiger partial charge >= 0.3 is 12.1 Å². The number of ether oxygens (including phenoxy) is 5. The van der Waals surface area contributed by atoms with Gasteiger partial charge in [-0.3, -0.25) is 24.0 Å². The highest BCUT2D eigenvalue weighted by molar-refractivity contribution is 7.93. The molecule has 3 aliphatic rings. The Hall–Kier alpha value is -3.34. The van der Waals surface area contributed by atoms with Gasteiger partial charge in [-0.25, -0.2) is 4.79 Å². The van der Waals surface area contributed by atoms with E-state index in [0.717, 1.165) is 5.56 Å². The predicted molar refractivity (Wildman–Crippen MR) is 259 cm³/mol. The number of amides is 2. The number of nitrogens with one attached hydrogen (secondary N) is 2. The second-order valence-electron chi connectivity index (χ2n) is 18.8. The number of hydrogen-bond donors (Lipinski definition) is 4. The van der Waals surface area contributed by atoms with Crippen LogP contribution in [0, 0.1) is 17.8 Å². The van der Waals surface area contributed by atoms with Crippen LogP contribution in [0.3, 0.4) is 0 Å². The number of halogens is 3. The molecule has 3 aliphatic heterocycles. The van der Waals surface area contributed by atoms with Crippen molar-refractivity contribution in [1.82, 2.24) is 35.4 Å².